The van der Waals surface area contributed by atoms with Crippen molar-refractivity contribution < 1.29 is 14.3 Å². The summed E-state index contributed by atoms with van der Waals surface area (Å²) in [6.07, 6.45) is 2.81. The molecule has 2 aromatic carbocycles. The lowest BCUT2D eigenvalue weighted by molar-refractivity contribution is -0.132. The molecule has 0 unspecified atom stereocenters. The molecule has 2 aliphatic heterocycles. The number of nitrogens with zero attached hydrogens (tertiary/aromatic N) is 3. The molecule has 164 valence electrons. The van der Waals surface area contributed by atoms with Gasteiger partial charge in [0.05, 0.1) is 25.1 Å². The second-order valence-corrected chi connectivity index (χ2v) is 8.62. The number of aliphatic hydroxyl groups excluding tert-OH is 1. The highest BCUT2D eigenvalue weighted by Crippen LogP contribution is 2.49. The Hall–Kier alpha value is -3.25. The van der Waals surface area contributed by atoms with Crippen LogP contribution in [0.1, 0.15) is 23.7 Å². The van der Waals surface area contributed by atoms with Crippen LogP contribution in [0, 0.1) is 11.7 Å². The molecule has 0 saturated carbocycles. The second-order valence-electron chi connectivity index (χ2n) is 8.62. The van der Waals surface area contributed by atoms with Gasteiger partial charge in [-0.1, -0.05) is 24.3 Å². The van der Waals surface area contributed by atoms with E-state index in [1.54, 1.807) is 18.3 Å². The van der Waals surface area contributed by atoms with Crippen LogP contribution in [-0.2, 0) is 11.2 Å². The van der Waals surface area contributed by atoms with Crippen molar-refractivity contribution in [3.8, 4) is 11.1 Å². The highest BCUT2D eigenvalue weighted by Gasteiger charge is 2.47. The number of hydrogen-bond acceptors (Lipinski definition) is 4. The van der Waals surface area contributed by atoms with E-state index < -0.39 is 0 Å². The zero-order valence-corrected chi connectivity index (χ0v) is 18.0. The summed E-state index contributed by atoms with van der Waals surface area (Å²) in [6, 6.07) is 18.1. The fourth-order valence-electron chi connectivity index (χ4n) is 5.31. The number of fused-ring (bicyclic) bond motifs is 3. The highest BCUT2D eigenvalue weighted by atomic mass is 19.1. The normalized spacial score (nSPS) is 21.9. The Morgan fingerprint density at radius 3 is 2.62 bits per heavy atom. The van der Waals surface area contributed by atoms with Crippen molar-refractivity contribution in [3.05, 3.63) is 83.9 Å². The van der Waals surface area contributed by atoms with Crippen molar-refractivity contribution in [2.24, 2.45) is 5.92 Å². The van der Waals surface area contributed by atoms with Crippen molar-refractivity contribution in [2.75, 3.05) is 25.1 Å². The zero-order valence-electron chi connectivity index (χ0n) is 18.0. The molecule has 5 nitrogen and oxygen atoms in total. The summed E-state index contributed by atoms with van der Waals surface area (Å²) in [5, 5.41) is 10.2. The van der Waals surface area contributed by atoms with Crippen molar-refractivity contribution in [3.63, 3.8) is 0 Å². The molecule has 0 bridgehead atoms. The topological polar surface area (TPSA) is 56.7 Å². The summed E-state index contributed by atoms with van der Waals surface area (Å²) >= 11 is 0. The average molecular weight is 432 g/mol. The van der Waals surface area contributed by atoms with Crippen LogP contribution in [0.3, 0.4) is 0 Å². The lowest BCUT2D eigenvalue weighted by Gasteiger charge is -2.44. The minimum Gasteiger partial charge on any atom is -0.394 e. The van der Waals surface area contributed by atoms with Gasteiger partial charge in [-0.25, -0.2) is 4.39 Å². The maximum Gasteiger partial charge on any atom is 0.229 e. The number of aromatic nitrogens is 1. The number of rotatable bonds is 4. The van der Waals surface area contributed by atoms with Gasteiger partial charge in [0.2, 0.25) is 5.91 Å². The molecule has 5 rings (SSSR count). The number of aliphatic hydroxyl groups is 1. The number of hydrogen-bond donors (Lipinski definition) is 1. The van der Waals surface area contributed by atoms with Crippen molar-refractivity contribution in [2.45, 2.75) is 24.9 Å². The number of carbonyl (C=O) groups is 1. The molecule has 6 heteroatoms. The quantitative estimate of drug-likeness (QED) is 0.682. The lowest BCUT2D eigenvalue weighted by Crippen LogP contribution is -2.48. The van der Waals surface area contributed by atoms with Gasteiger partial charge in [0.25, 0.3) is 0 Å². The molecule has 0 radical (unpaired) electrons. The third kappa shape index (κ3) is 3.54. The van der Waals surface area contributed by atoms with Gasteiger partial charge in [-0.05, 0) is 59.5 Å². The fourth-order valence-corrected chi connectivity index (χ4v) is 5.31. The molecular weight excluding hydrogens is 405 g/mol. The third-order valence-electron chi connectivity index (χ3n) is 6.91. The van der Waals surface area contributed by atoms with E-state index in [2.05, 4.69) is 16.0 Å². The predicted molar refractivity (Wildman–Crippen MR) is 122 cm³/mol. The summed E-state index contributed by atoms with van der Waals surface area (Å²) in [4.78, 5) is 21.7. The Morgan fingerprint density at radius 1 is 1.12 bits per heavy atom. The van der Waals surface area contributed by atoms with Gasteiger partial charge in [-0.15, -0.1) is 0 Å². The zero-order chi connectivity index (χ0) is 22.2. The monoisotopic (exact) mass is 431 g/mol. The number of likely N-dealkylation sites (tertiary alicyclic amines) is 1. The molecule has 1 N–H and O–H groups in total. The van der Waals surface area contributed by atoms with Crippen LogP contribution in [0.5, 0.6) is 0 Å². The first kappa shape index (κ1) is 20.6. The minimum atomic E-state index is -0.264. The maximum absolute atomic E-state index is 13.4. The van der Waals surface area contributed by atoms with Gasteiger partial charge in [0.15, 0.2) is 0 Å². The van der Waals surface area contributed by atoms with E-state index in [1.807, 2.05) is 42.3 Å². The predicted octanol–water partition coefficient (Wildman–Crippen LogP) is 3.83. The SMILES string of the molecule is CN1c2ccc(-c3ccc(F)cc3)cc2[C@H]2[C@H](CCN2C(=O)Cc2ccccn2)[C@@H]1CO. The van der Waals surface area contributed by atoms with Gasteiger partial charge in [0, 0.05) is 37.1 Å². The van der Waals surface area contributed by atoms with E-state index >= 15 is 0 Å². The average Bonchev–Trinajstić information content (AvgIpc) is 3.26. The summed E-state index contributed by atoms with van der Waals surface area (Å²) in [5.74, 6) is -0.0661. The van der Waals surface area contributed by atoms with Crippen LogP contribution in [-0.4, -0.2) is 47.1 Å². The van der Waals surface area contributed by atoms with E-state index in [1.165, 1.54) is 12.1 Å². The number of anilines is 1. The van der Waals surface area contributed by atoms with Crippen LogP contribution in [0.25, 0.3) is 11.1 Å². The standard InChI is InChI=1S/C26H26FN3O2/c1-29-23-10-7-18(17-5-8-19(27)9-6-17)14-22(23)26-21(24(29)16-31)11-13-30(26)25(32)15-20-4-2-3-12-28-20/h2-10,12,14,21,24,26,31H,11,13,15-16H2,1H3/t21-,24+,26-/m1/s1. The van der Waals surface area contributed by atoms with Crippen LogP contribution < -0.4 is 4.90 Å². The summed E-state index contributed by atoms with van der Waals surface area (Å²) in [5.41, 5.74) is 4.78. The van der Waals surface area contributed by atoms with E-state index in [0.717, 1.165) is 34.5 Å². The fraction of sp³-hybridized carbons (Fsp3) is 0.308. The number of likely N-dealkylation sites (N-methyl/N-ethyl adjacent to an activating group) is 1. The second kappa shape index (κ2) is 8.36. The molecule has 3 atom stereocenters. The smallest absolute Gasteiger partial charge is 0.229 e. The van der Waals surface area contributed by atoms with E-state index in [0.29, 0.717) is 6.54 Å². The summed E-state index contributed by atoms with van der Waals surface area (Å²) < 4.78 is 13.4. The Balaban J connectivity index is 1.54. The molecule has 3 heterocycles. The number of benzene rings is 2. The van der Waals surface area contributed by atoms with Crippen LogP contribution in [0.15, 0.2) is 66.9 Å². The van der Waals surface area contributed by atoms with Gasteiger partial charge in [-0.2, -0.15) is 0 Å². The van der Waals surface area contributed by atoms with E-state index in [4.69, 9.17) is 0 Å². The van der Waals surface area contributed by atoms with Crippen molar-refractivity contribution >= 4 is 11.6 Å². The largest absolute Gasteiger partial charge is 0.394 e. The third-order valence-corrected chi connectivity index (χ3v) is 6.91. The van der Waals surface area contributed by atoms with Crippen molar-refractivity contribution in [1.29, 1.82) is 0 Å². The van der Waals surface area contributed by atoms with Gasteiger partial charge in [-0.3, -0.25) is 9.78 Å². The molecule has 0 spiro atoms. The summed E-state index contributed by atoms with van der Waals surface area (Å²) in [6.45, 7) is 0.699. The molecule has 32 heavy (non-hydrogen) atoms. The lowest BCUT2D eigenvalue weighted by atomic mass is 9.81. The van der Waals surface area contributed by atoms with Gasteiger partial charge in [0.1, 0.15) is 5.82 Å². The van der Waals surface area contributed by atoms with Crippen molar-refractivity contribution in [1.82, 2.24) is 9.88 Å². The molecule has 1 fully saturated rings. The molecule has 1 amide bonds. The highest BCUT2D eigenvalue weighted by molar-refractivity contribution is 5.80. The molecular formula is C26H26FN3O2. The first-order valence-corrected chi connectivity index (χ1v) is 11.0. The number of amides is 1. The van der Waals surface area contributed by atoms with Gasteiger partial charge < -0.3 is 14.9 Å². The summed E-state index contributed by atoms with van der Waals surface area (Å²) in [7, 11) is 2.01. The molecule has 1 saturated heterocycles. The Morgan fingerprint density at radius 2 is 1.91 bits per heavy atom. The first-order valence-electron chi connectivity index (χ1n) is 11.0. The molecule has 3 aromatic rings. The van der Waals surface area contributed by atoms with Crippen LogP contribution in [0.2, 0.25) is 0 Å². The first-order chi connectivity index (χ1) is 15.6. The Kier molecular flexibility index (Phi) is 5.39. The number of halogens is 1. The van der Waals surface area contributed by atoms with E-state index in [9.17, 15) is 14.3 Å². The molecule has 1 aromatic heterocycles. The Labute approximate surface area is 187 Å². The van der Waals surface area contributed by atoms with Crippen LogP contribution in [0.4, 0.5) is 10.1 Å². The maximum atomic E-state index is 13.4. The minimum absolute atomic E-state index is 0.0408. The number of carbonyl (C=O) groups excluding carboxylic acids is 1. The Bertz CT molecular complexity index is 1120. The number of pyridine rings is 1. The van der Waals surface area contributed by atoms with Gasteiger partial charge >= 0.3 is 0 Å². The van der Waals surface area contributed by atoms with Crippen LogP contribution >= 0.6 is 0 Å². The molecule has 0 aliphatic carbocycles. The molecule has 2 aliphatic rings. The van der Waals surface area contributed by atoms with E-state index in [-0.39, 0.29) is 42.8 Å².